The number of para-hydroxylation sites is 1. The number of nitrogens with one attached hydrogen (secondary N) is 1. The summed E-state index contributed by atoms with van der Waals surface area (Å²) in [5.41, 5.74) is 1.69. The van der Waals surface area contributed by atoms with E-state index in [4.69, 9.17) is 0 Å². The van der Waals surface area contributed by atoms with Crippen molar-refractivity contribution in [1.29, 1.82) is 0 Å². The third-order valence-electron chi connectivity index (χ3n) is 3.70. The van der Waals surface area contributed by atoms with Crippen molar-refractivity contribution in [3.05, 3.63) is 60.2 Å². The van der Waals surface area contributed by atoms with Crippen LogP contribution in [0.25, 0.3) is 0 Å². The Balaban J connectivity index is 1.99. The molecular formula is C18H22N2O3S. The molecule has 2 aromatic rings. The van der Waals surface area contributed by atoms with Crippen LogP contribution in [0, 0.1) is 6.92 Å². The monoisotopic (exact) mass is 346 g/mol. The summed E-state index contributed by atoms with van der Waals surface area (Å²) in [5, 5.41) is 2.77. The van der Waals surface area contributed by atoms with Gasteiger partial charge in [-0.25, -0.2) is 13.2 Å². The number of anilines is 1. The Kier molecular flexibility index (Phi) is 5.98. The van der Waals surface area contributed by atoms with E-state index in [0.717, 1.165) is 5.56 Å². The van der Waals surface area contributed by atoms with Crippen molar-refractivity contribution in [3.8, 4) is 0 Å². The topological polar surface area (TPSA) is 66.5 Å². The van der Waals surface area contributed by atoms with Crippen LogP contribution >= 0.6 is 0 Å². The zero-order chi connectivity index (χ0) is 17.6. The molecule has 0 unspecified atom stereocenters. The number of hydrogen-bond donors (Lipinski definition) is 1. The highest BCUT2D eigenvalue weighted by atomic mass is 32.2. The van der Waals surface area contributed by atoms with Crippen molar-refractivity contribution in [2.75, 3.05) is 24.2 Å². The second-order valence-electron chi connectivity index (χ2n) is 5.51. The molecule has 0 aliphatic heterocycles. The Morgan fingerprint density at radius 2 is 1.67 bits per heavy atom. The molecule has 0 spiro atoms. The predicted molar refractivity (Wildman–Crippen MR) is 95.9 cm³/mol. The van der Waals surface area contributed by atoms with Crippen LogP contribution in [0.4, 0.5) is 10.5 Å². The van der Waals surface area contributed by atoms with Gasteiger partial charge in [-0.2, -0.15) is 0 Å². The average molecular weight is 346 g/mol. The van der Waals surface area contributed by atoms with Gasteiger partial charge in [0.2, 0.25) is 0 Å². The fraction of sp³-hybridized carbons (Fsp3) is 0.278. The van der Waals surface area contributed by atoms with Gasteiger partial charge in [0.05, 0.1) is 10.6 Å². The highest BCUT2D eigenvalue weighted by molar-refractivity contribution is 7.91. The van der Waals surface area contributed by atoms with E-state index in [1.54, 1.807) is 36.4 Å². The van der Waals surface area contributed by atoms with E-state index < -0.39 is 9.84 Å². The molecule has 5 nitrogen and oxygen atoms in total. The SMILES string of the molecule is CCN(CCS(=O)(=O)c1ccc(C)cc1)C(=O)Nc1ccccc1. The first-order valence-corrected chi connectivity index (χ1v) is 9.48. The van der Waals surface area contributed by atoms with Crippen molar-refractivity contribution >= 4 is 21.6 Å². The first-order valence-electron chi connectivity index (χ1n) is 7.83. The molecule has 0 heterocycles. The lowest BCUT2D eigenvalue weighted by atomic mass is 10.2. The van der Waals surface area contributed by atoms with Gasteiger partial charge in [0.25, 0.3) is 0 Å². The van der Waals surface area contributed by atoms with Crippen LogP contribution in [0.5, 0.6) is 0 Å². The van der Waals surface area contributed by atoms with Crippen molar-refractivity contribution in [3.63, 3.8) is 0 Å². The van der Waals surface area contributed by atoms with Gasteiger partial charge in [-0.05, 0) is 38.1 Å². The summed E-state index contributed by atoms with van der Waals surface area (Å²) in [6, 6.07) is 15.5. The van der Waals surface area contributed by atoms with Crippen molar-refractivity contribution < 1.29 is 13.2 Å². The number of sulfone groups is 1. The molecule has 0 saturated heterocycles. The lowest BCUT2D eigenvalue weighted by molar-refractivity contribution is 0.217. The number of rotatable bonds is 6. The molecule has 0 aromatic heterocycles. The second-order valence-corrected chi connectivity index (χ2v) is 7.62. The fourth-order valence-electron chi connectivity index (χ4n) is 2.22. The average Bonchev–Trinajstić information content (AvgIpc) is 2.56. The Morgan fingerprint density at radius 1 is 1.04 bits per heavy atom. The summed E-state index contributed by atoms with van der Waals surface area (Å²) < 4.78 is 24.8. The third kappa shape index (κ3) is 4.83. The van der Waals surface area contributed by atoms with Crippen LogP contribution in [0.3, 0.4) is 0 Å². The maximum atomic E-state index is 12.4. The van der Waals surface area contributed by atoms with Gasteiger partial charge in [0, 0.05) is 18.8 Å². The van der Waals surface area contributed by atoms with Gasteiger partial charge in [-0.15, -0.1) is 0 Å². The number of hydrogen-bond acceptors (Lipinski definition) is 3. The van der Waals surface area contributed by atoms with Crippen LogP contribution < -0.4 is 5.32 Å². The maximum Gasteiger partial charge on any atom is 0.321 e. The minimum absolute atomic E-state index is 0.105. The predicted octanol–water partition coefficient (Wildman–Crippen LogP) is 3.32. The molecule has 1 N–H and O–H groups in total. The number of urea groups is 1. The zero-order valence-corrected chi connectivity index (χ0v) is 14.7. The normalized spacial score (nSPS) is 11.1. The Hall–Kier alpha value is -2.34. The van der Waals surface area contributed by atoms with Crippen LogP contribution in [-0.2, 0) is 9.84 Å². The Labute approximate surface area is 143 Å². The van der Waals surface area contributed by atoms with Crippen molar-refractivity contribution in [1.82, 2.24) is 4.90 Å². The van der Waals surface area contributed by atoms with E-state index in [0.29, 0.717) is 12.2 Å². The highest BCUT2D eigenvalue weighted by Crippen LogP contribution is 2.13. The molecule has 0 radical (unpaired) electrons. The standard InChI is InChI=1S/C18H22N2O3S/c1-3-20(18(21)19-16-7-5-4-6-8-16)13-14-24(22,23)17-11-9-15(2)10-12-17/h4-12H,3,13-14H2,1-2H3,(H,19,21). The molecule has 6 heteroatoms. The van der Waals surface area contributed by atoms with E-state index >= 15 is 0 Å². The minimum Gasteiger partial charge on any atom is -0.324 e. The number of aryl methyl sites for hydroxylation is 1. The van der Waals surface area contributed by atoms with Crippen molar-refractivity contribution in [2.45, 2.75) is 18.7 Å². The number of nitrogens with zero attached hydrogens (tertiary/aromatic N) is 1. The van der Waals surface area contributed by atoms with Gasteiger partial charge in [0.15, 0.2) is 9.84 Å². The zero-order valence-electron chi connectivity index (χ0n) is 13.9. The van der Waals surface area contributed by atoms with E-state index in [9.17, 15) is 13.2 Å². The highest BCUT2D eigenvalue weighted by Gasteiger charge is 2.18. The maximum absolute atomic E-state index is 12.4. The molecule has 2 aromatic carbocycles. The largest absolute Gasteiger partial charge is 0.324 e. The van der Waals surface area contributed by atoms with Gasteiger partial charge in [-0.1, -0.05) is 35.9 Å². The van der Waals surface area contributed by atoms with E-state index in [-0.39, 0.29) is 23.2 Å². The van der Waals surface area contributed by atoms with Crippen molar-refractivity contribution in [2.24, 2.45) is 0 Å². The van der Waals surface area contributed by atoms with Crippen LogP contribution in [0.1, 0.15) is 12.5 Å². The minimum atomic E-state index is -3.41. The lowest BCUT2D eigenvalue weighted by Crippen LogP contribution is -2.38. The lowest BCUT2D eigenvalue weighted by Gasteiger charge is -2.21. The van der Waals surface area contributed by atoms with Gasteiger partial charge < -0.3 is 10.2 Å². The quantitative estimate of drug-likeness (QED) is 0.872. The summed E-state index contributed by atoms with van der Waals surface area (Å²) in [6.45, 7) is 4.31. The van der Waals surface area contributed by atoms with E-state index in [1.165, 1.54) is 4.90 Å². The molecule has 0 fully saturated rings. The summed E-state index contributed by atoms with van der Waals surface area (Å²) in [5.74, 6) is -0.105. The first kappa shape index (κ1) is 18.0. The van der Waals surface area contributed by atoms with E-state index in [1.807, 2.05) is 32.0 Å². The number of carbonyl (C=O) groups excluding carboxylic acids is 1. The second kappa shape index (κ2) is 7.97. The molecule has 0 saturated carbocycles. The molecule has 0 aliphatic carbocycles. The van der Waals surface area contributed by atoms with Crippen LogP contribution in [-0.4, -0.2) is 38.2 Å². The van der Waals surface area contributed by atoms with Crippen LogP contribution in [0.2, 0.25) is 0 Å². The van der Waals surface area contributed by atoms with Gasteiger partial charge >= 0.3 is 6.03 Å². The Morgan fingerprint density at radius 3 is 2.25 bits per heavy atom. The molecular weight excluding hydrogens is 324 g/mol. The molecule has 2 amide bonds. The number of carbonyl (C=O) groups is 1. The summed E-state index contributed by atoms with van der Waals surface area (Å²) in [6.07, 6.45) is 0. The third-order valence-corrected chi connectivity index (χ3v) is 5.41. The van der Waals surface area contributed by atoms with Gasteiger partial charge in [0.1, 0.15) is 0 Å². The molecule has 0 aliphatic rings. The smallest absolute Gasteiger partial charge is 0.321 e. The van der Waals surface area contributed by atoms with Crippen LogP contribution in [0.15, 0.2) is 59.5 Å². The first-order chi connectivity index (χ1) is 11.4. The molecule has 24 heavy (non-hydrogen) atoms. The summed E-state index contributed by atoms with van der Waals surface area (Å²) in [4.78, 5) is 14.0. The summed E-state index contributed by atoms with van der Waals surface area (Å²) in [7, 11) is -3.41. The Bertz CT molecular complexity index is 772. The summed E-state index contributed by atoms with van der Waals surface area (Å²) >= 11 is 0. The molecule has 2 rings (SSSR count). The number of benzene rings is 2. The van der Waals surface area contributed by atoms with Gasteiger partial charge in [-0.3, -0.25) is 0 Å². The number of amides is 2. The fourth-order valence-corrected chi connectivity index (χ4v) is 3.47. The van der Waals surface area contributed by atoms with E-state index in [2.05, 4.69) is 5.32 Å². The molecule has 0 bridgehead atoms. The molecule has 128 valence electrons. The molecule has 0 atom stereocenters.